The number of nitrogens with one attached hydrogen (secondary N) is 1. The Morgan fingerprint density at radius 3 is 2.62 bits per heavy atom. The number of carbonyl (C=O) groups excluding carboxylic acids is 1. The first kappa shape index (κ1) is 24.3. The molecule has 15 heteroatoms. The average Bonchev–Trinajstić information content (AvgIpc) is 3.39. The van der Waals surface area contributed by atoms with E-state index in [9.17, 15) is 31.9 Å². The third-order valence-electron chi connectivity index (χ3n) is 6.20. The number of fused-ring (bicyclic) bond motifs is 2. The number of hydrogen-bond acceptors (Lipinski definition) is 8. The topological polar surface area (TPSA) is 144 Å². The lowest BCUT2D eigenvalue weighted by Gasteiger charge is -2.23. The molecule has 4 N–H and O–H groups in total. The molecule has 5 rings (SSSR count). The molecule has 3 aromatic heterocycles. The largest absolute Gasteiger partial charge is 0.508 e. The summed E-state index contributed by atoms with van der Waals surface area (Å²) in [4.78, 5) is 29.6. The molecule has 37 heavy (non-hydrogen) atoms. The summed E-state index contributed by atoms with van der Waals surface area (Å²) in [6.07, 6.45) is -5.64. The van der Waals surface area contributed by atoms with E-state index >= 15 is 0 Å². The summed E-state index contributed by atoms with van der Waals surface area (Å²) >= 11 is 0. The highest BCUT2D eigenvalue weighted by Crippen LogP contribution is 2.45. The molecule has 0 unspecified atom stereocenters. The Morgan fingerprint density at radius 2 is 1.92 bits per heavy atom. The number of aromatic nitrogens is 6. The second-order valence-corrected chi connectivity index (χ2v) is 8.59. The molecular weight excluding hydrogens is 503 g/mol. The van der Waals surface area contributed by atoms with Gasteiger partial charge in [0, 0.05) is 6.42 Å². The number of alkyl halides is 5. The number of nitrogen functional groups attached to an aromatic ring is 1. The summed E-state index contributed by atoms with van der Waals surface area (Å²) in [5.74, 6) is -5.65. The van der Waals surface area contributed by atoms with Crippen molar-refractivity contribution in [2.24, 2.45) is 0 Å². The summed E-state index contributed by atoms with van der Waals surface area (Å²) in [5, 5.41) is 16.4. The van der Waals surface area contributed by atoms with Gasteiger partial charge in [-0.2, -0.15) is 27.1 Å². The van der Waals surface area contributed by atoms with Gasteiger partial charge in [0.2, 0.25) is 5.91 Å². The Labute approximate surface area is 204 Å². The van der Waals surface area contributed by atoms with Crippen LogP contribution in [-0.4, -0.2) is 52.7 Å². The van der Waals surface area contributed by atoms with Crippen LogP contribution in [0, 0.1) is 0 Å². The lowest BCUT2D eigenvalue weighted by molar-refractivity contribution is -0.284. The van der Waals surface area contributed by atoms with E-state index in [-0.39, 0.29) is 45.8 Å². The van der Waals surface area contributed by atoms with E-state index < -0.39 is 36.3 Å². The number of nitrogens with zero attached hydrogens (tertiary/aromatic N) is 6. The van der Waals surface area contributed by atoms with Crippen LogP contribution in [0.15, 0.2) is 36.8 Å². The predicted octanol–water partition coefficient (Wildman–Crippen LogP) is 3.26. The van der Waals surface area contributed by atoms with E-state index in [1.165, 1.54) is 18.3 Å². The van der Waals surface area contributed by atoms with Crippen molar-refractivity contribution in [2.45, 2.75) is 37.3 Å². The van der Waals surface area contributed by atoms with Gasteiger partial charge in [0.25, 0.3) is 0 Å². The van der Waals surface area contributed by atoms with Gasteiger partial charge in [-0.25, -0.2) is 24.5 Å². The molecule has 0 saturated carbocycles. The van der Waals surface area contributed by atoms with Gasteiger partial charge in [-0.15, -0.1) is 0 Å². The molecule has 0 spiro atoms. The molecule has 1 amide bonds. The quantitative estimate of drug-likeness (QED) is 0.340. The van der Waals surface area contributed by atoms with Gasteiger partial charge in [0.1, 0.15) is 34.8 Å². The van der Waals surface area contributed by atoms with Crippen LogP contribution >= 0.6 is 0 Å². The van der Waals surface area contributed by atoms with Gasteiger partial charge >= 0.3 is 12.1 Å². The first-order valence-electron chi connectivity index (χ1n) is 10.7. The summed E-state index contributed by atoms with van der Waals surface area (Å²) in [5.41, 5.74) is 5.33. The van der Waals surface area contributed by atoms with Crippen LogP contribution < -0.4 is 11.1 Å². The van der Waals surface area contributed by atoms with Gasteiger partial charge in [0.05, 0.1) is 17.5 Å². The second-order valence-electron chi connectivity index (χ2n) is 8.59. The number of benzene rings is 1. The molecule has 4 heterocycles. The van der Waals surface area contributed by atoms with Crippen molar-refractivity contribution in [1.82, 2.24) is 29.5 Å². The van der Waals surface area contributed by atoms with E-state index in [1.807, 2.05) is 0 Å². The minimum absolute atomic E-state index is 0.0133. The molecule has 1 aliphatic heterocycles. The molecule has 10 nitrogen and oxygen atoms in total. The molecule has 0 bridgehead atoms. The van der Waals surface area contributed by atoms with Crippen molar-refractivity contribution >= 4 is 23.2 Å². The maximum absolute atomic E-state index is 13.6. The van der Waals surface area contributed by atoms with Crippen molar-refractivity contribution in [2.75, 3.05) is 11.1 Å². The SMILES string of the molecule is C[C@@]1(c2cccc(O)c2)C(=O)Nc2nc(-c3cn4ncnc4c(CCC(F)(F)C(F)(F)F)n3)nc(N)c21. The van der Waals surface area contributed by atoms with Crippen molar-refractivity contribution in [3.8, 4) is 17.3 Å². The van der Waals surface area contributed by atoms with Crippen molar-refractivity contribution in [1.29, 1.82) is 0 Å². The Morgan fingerprint density at radius 1 is 1.16 bits per heavy atom. The number of phenols is 1. The standard InChI is InChI=1S/C22H17F5N8O2/c1-20(10-3-2-4-11(36)7-10)14-15(28)32-16(33-17(14)34-19(20)37)13-8-35-18(29-9-30-35)12(31-13)5-6-21(23,24)22(25,26)27/h2-4,7-9,36H,5-6H2,1H3,(H3,28,32,33,34,37)/t20-/m0/s1. The molecule has 192 valence electrons. The minimum Gasteiger partial charge on any atom is -0.508 e. The maximum atomic E-state index is 13.6. The molecule has 0 saturated heterocycles. The smallest absolute Gasteiger partial charge is 0.453 e. The van der Waals surface area contributed by atoms with E-state index in [4.69, 9.17) is 5.73 Å². The Kier molecular flexibility index (Phi) is 5.28. The zero-order chi connectivity index (χ0) is 26.8. The second kappa shape index (κ2) is 8.04. The average molecular weight is 520 g/mol. The van der Waals surface area contributed by atoms with E-state index in [0.717, 1.165) is 10.8 Å². The minimum atomic E-state index is -5.72. The lowest BCUT2D eigenvalue weighted by Crippen LogP contribution is -2.36. The first-order chi connectivity index (χ1) is 17.3. The number of nitrogens with two attached hydrogens (primary N) is 1. The van der Waals surface area contributed by atoms with Crippen LogP contribution in [0.5, 0.6) is 5.75 Å². The Bertz CT molecular complexity index is 1550. The van der Waals surface area contributed by atoms with Gasteiger partial charge in [-0.3, -0.25) is 4.79 Å². The van der Waals surface area contributed by atoms with Crippen LogP contribution in [-0.2, 0) is 16.6 Å². The molecule has 4 aromatic rings. The normalized spacial score (nSPS) is 17.7. The van der Waals surface area contributed by atoms with Gasteiger partial charge < -0.3 is 16.2 Å². The third-order valence-corrected chi connectivity index (χ3v) is 6.20. The maximum Gasteiger partial charge on any atom is 0.453 e. The van der Waals surface area contributed by atoms with Gasteiger partial charge in [0.15, 0.2) is 11.5 Å². The number of carbonyl (C=O) groups is 1. The summed E-state index contributed by atoms with van der Waals surface area (Å²) < 4.78 is 66.2. The fraction of sp³-hybridized carbons (Fsp3) is 0.273. The number of aromatic hydroxyl groups is 1. The number of anilines is 2. The monoisotopic (exact) mass is 520 g/mol. The fourth-order valence-corrected chi connectivity index (χ4v) is 4.20. The molecular formula is C22H17F5N8O2. The highest BCUT2D eigenvalue weighted by atomic mass is 19.4. The third kappa shape index (κ3) is 3.86. The van der Waals surface area contributed by atoms with Gasteiger partial charge in [-0.1, -0.05) is 12.1 Å². The highest BCUT2D eigenvalue weighted by molar-refractivity contribution is 6.09. The lowest BCUT2D eigenvalue weighted by atomic mass is 9.77. The van der Waals surface area contributed by atoms with Crippen molar-refractivity contribution < 1.29 is 31.9 Å². The van der Waals surface area contributed by atoms with Crippen LogP contribution in [0.3, 0.4) is 0 Å². The number of amides is 1. The van der Waals surface area contributed by atoms with E-state index in [2.05, 4.69) is 30.4 Å². The summed E-state index contributed by atoms with van der Waals surface area (Å²) in [6.45, 7) is 1.58. The van der Waals surface area contributed by atoms with E-state index in [0.29, 0.717) is 5.56 Å². The number of halogens is 5. The fourth-order valence-electron chi connectivity index (χ4n) is 4.20. The summed E-state index contributed by atoms with van der Waals surface area (Å²) in [7, 11) is 0. The van der Waals surface area contributed by atoms with Crippen molar-refractivity contribution in [3.63, 3.8) is 0 Å². The van der Waals surface area contributed by atoms with Crippen LogP contribution in [0.1, 0.15) is 30.2 Å². The van der Waals surface area contributed by atoms with Crippen LogP contribution in [0.4, 0.5) is 33.6 Å². The van der Waals surface area contributed by atoms with Crippen LogP contribution in [0.25, 0.3) is 17.2 Å². The first-order valence-corrected chi connectivity index (χ1v) is 10.7. The molecule has 1 aliphatic rings. The molecule has 1 atom stereocenters. The van der Waals surface area contributed by atoms with E-state index in [1.54, 1.807) is 19.1 Å². The highest BCUT2D eigenvalue weighted by Gasteiger charge is 2.56. The zero-order valence-electron chi connectivity index (χ0n) is 18.9. The number of rotatable bonds is 5. The zero-order valence-corrected chi connectivity index (χ0v) is 18.9. The Balaban J connectivity index is 1.57. The van der Waals surface area contributed by atoms with Crippen LogP contribution in [0.2, 0.25) is 0 Å². The molecule has 0 radical (unpaired) electrons. The number of hydrogen-bond donors (Lipinski definition) is 3. The molecule has 0 aliphatic carbocycles. The van der Waals surface area contributed by atoms with Crippen molar-refractivity contribution in [3.05, 3.63) is 53.6 Å². The Hall–Kier alpha value is -4.43. The summed E-state index contributed by atoms with van der Waals surface area (Å²) in [6, 6.07) is 6.04. The molecule has 0 fully saturated rings. The molecule has 1 aromatic carbocycles. The number of aryl methyl sites for hydroxylation is 1. The number of phenolic OH excluding ortho intramolecular Hbond substituents is 1. The van der Waals surface area contributed by atoms with Gasteiger partial charge in [-0.05, 0) is 31.0 Å². The predicted molar refractivity (Wildman–Crippen MR) is 119 cm³/mol.